The molecular formula is C18H23FN4O. The van der Waals surface area contributed by atoms with Crippen LogP contribution in [0.4, 0.5) is 4.39 Å². The van der Waals surface area contributed by atoms with E-state index in [1.54, 1.807) is 18.5 Å². The number of hydrogen-bond acceptors (Lipinski definition) is 3. The largest absolute Gasteiger partial charge is 0.338 e. The minimum atomic E-state index is -0.376. The van der Waals surface area contributed by atoms with Crippen LogP contribution in [0.5, 0.6) is 0 Å². The molecule has 2 heterocycles. The highest BCUT2D eigenvalue weighted by Gasteiger charge is 2.26. The molecule has 0 aliphatic carbocycles. The Morgan fingerprint density at radius 1 is 1.42 bits per heavy atom. The van der Waals surface area contributed by atoms with Gasteiger partial charge in [-0.3, -0.25) is 4.79 Å². The van der Waals surface area contributed by atoms with Crippen LogP contribution in [0.1, 0.15) is 48.9 Å². The van der Waals surface area contributed by atoms with Gasteiger partial charge in [-0.25, -0.2) is 4.39 Å². The number of piperidine rings is 1. The van der Waals surface area contributed by atoms with Crippen molar-refractivity contribution in [2.75, 3.05) is 13.1 Å². The van der Waals surface area contributed by atoms with Crippen LogP contribution in [-0.4, -0.2) is 38.7 Å². The molecule has 1 aliphatic heterocycles. The smallest absolute Gasteiger partial charge is 0.253 e. The van der Waals surface area contributed by atoms with Crippen molar-refractivity contribution < 1.29 is 9.18 Å². The molecule has 0 N–H and O–H groups in total. The normalized spacial score (nSPS) is 18.2. The van der Waals surface area contributed by atoms with Gasteiger partial charge in [0.1, 0.15) is 18.0 Å². The van der Waals surface area contributed by atoms with Crippen molar-refractivity contribution in [1.82, 2.24) is 19.7 Å². The lowest BCUT2D eigenvalue weighted by Crippen LogP contribution is -2.40. The minimum Gasteiger partial charge on any atom is -0.338 e. The third kappa shape index (κ3) is 3.63. The van der Waals surface area contributed by atoms with Gasteiger partial charge in [-0.15, -0.1) is 10.2 Å². The Balaban J connectivity index is 1.68. The van der Waals surface area contributed by atoms with Gasteiger partial charge in [-0.1, -0.05) is 6.07 Å². The third-order valence-electron chi connectivity index (χ3n) is 4.55. The van der Waals surface area contributed by atoms with Gasteiger partial charge in [-0.2, -0.15) is 0 Å². The van der Waals surface area contributed by atoms with Gasteiger partial charge in [0, 0.05) is 31.1 Å². The summed E-state index contributed by atoms with van der Waals surface area (Å²) in [7, 11) is 0. The first-order valence-corrected chi connectivity index (χ1v) is 8.48. The number of likely N-dealkylation sites (tertiary alicyclic amines) is 1. The molecular weight excluding hydrogens is 307 g/mol. The number of benzene rings is 1. The zero-order valence-corrected chi connectivity index (χ0v) is 14.2. The molecule has 1 unspecified atom stereocenters. The summed E-state index contributed by atoms with van der Waals surface area (Å²) in [6.07, 6.45) is 4.60. The molecule has 1 saturated heterocycles. The fraction of sp³-hybridized carbons (Fsp3) is 0.500. The average Bonchev–Trinajstić information content (AvgIpc) is 3.03. The molecule has 128 valence electrons. The van der Waals surface area contributed by atoms with Crippen molar-refractivity contribution in [3.63, 3.8) is 0 Å². The van der Waals surface area contributed by atoms with E-state index < -0.39 is 0 Å². The van der Waals surface area contributed by atoms with Gasteiger partial charge < -0.3 is 9.47 Å². The van der Waals surface area contributed by atoms with Gasteiger partial charge in [0.25, 0.3) is 5.91 Å². The predicted octanol–water partition coefficient (Wildman–Crippen LogP) is 3.09. The summed E-state index contributed by atoms with van der Waals surface area (Å²) in [6.45, 7) is 5.62. The molecule has 0 radical (unpaired) electrons. The van der Waals surface area contributed by atoms with Crippen LogP contribution in [0, 0.1) is 11.7 Å². The highest BCUT2D eigenvalue weighted by molar-refractivity contribution is 5.94. The maximum Gasteiger partial charge on any atom is 0.253 e. The molecule has 0 spiro atoms. The highest BCUT2D eigenvalue weighted by Crippen LogP contribution is 2.22. The van der Waals surface area contributed by atoms with E-state index in [-0.39, 0.29) is 11.7 Å². The first-order chi connectivity index (χ1) is 11.5. The summed E-state index contributed by atoms with van der Waals surface area (Å²) in [5, 5.41) is 8.24. The van der Waals surface area contributed by atoms with Gasteiger partial charge >= 0.3 is 0 Å². The molecule has 1 atom stereocenters. The van der Waals surface area contributed by atoms with Crippen LogP contribution in [-0.2, 0) is 6.42 Å². The van der Waals surface area contributed by atoms with Crippen molar-refractivity contribution in [3.05, 3.63) is 47.8 Å². The maximum atomic E-state index is 13.4. The Labute approximate surface area is 141 Å². The Bertz CT molecular complexity index is 713. The number of amides is 1. The summed E-state index contributed by atoms with van der Waals surface area (Å²) in [5.41, 5.74) is 0.418. The number of rotatable bonds is 4. The van der Waals surface area contributed by atoms with Crippen molar-refractivity contribution in [3.8, 4) is 0 Å². The van der Waals surface area contributed by atoms with E-state index in [9.17, 15) is 9.18 Å². The van der Waals surface area contributed by atoms with Crippen molar-refractivity contribution in [2.24, 2.45) is 5.92 Å². The zero-order chi connectivity index (χ0) is 17.1. The molecule has 1 fully saturated rings. The summed E-state index contributed by atoms with van der Waals surface area (Å²) in [6, 6.07) is 6.23. The molecule has 1 amide bonds. The number of nitrogens with zero attached hydrogens (tertiary/aromatic N) is 4. The quantitative estimate of drug-likeness (QED) is 0.865. The average molecular weight is 330 g/mol. The lowest BCUT2D eigenvalue weighted by Gasteiger charge is -2.33. The van der Waals surface area contributed by atoms with Crippen molar-refractivity contribution in [1.29, 1.82) is 0 Å². The summed E-state index contributed by atoms with van der Waals surface area (Å²) >= 11 is 0. The monoisotopic (exact) mass is 330 g/mol. The van der Waals surface area contributed by atoms with E-state index in [0.29, 0.717) is 24.1 Å². The molecule has 1 aromatic heterocycles. The fourth-order valence-corrected chi connectivity index (χ4v) is 3.32. The molecule has 2 aromatic rings. The second-order valence-electron chi connectivity index (χ2n) is 6.72. The lowest BCUT2D eigenvalue weighted by atomic mass is 9.94. The molecule has 3 rings (SSSR count). The summed E-state index contributed by atoms with van der Waals surface area (Å²) in [5.74, 6) is 0.858. The van der Waals surface area contributed by atoms with Gasteiger partial charge in [0.15, 0.2) is 0 Å². The number of carbonyl (C=O) groups is 1. The number of hydrogen-bond donors (Lipinski definition) is 0. The van der Waals surface area contributed by atoms with Crippen LogP contribution in [0.15, 0.2) is 30.6 Å². The third-order valence-corrected chi connectivity index (χ3v) is 4.55. The van der Waals surface area contributed by atoms with Gasteiger partial charge in [0.05, 0.1) is 0 Å². The Morgan fingerprint density at radius 3 is 3.00 bits per heavy atom. The van der Waals surface area contributed by atoms with E-state index in [1.807, 2.05) is 4.90 Å². The summed E-state index contributed by atoms with van der Waals surface area (Å²) < 4.78 is 15.4. The molecule has 1 aromatic carbocycles. The minimum absolute atomic E-state index is 0.0930. The van der Waals surface area contributed by atoms with E-state index in [1.165, 1.54) is 12.1 Å². The fourth-order valence-electron chi connectivity index (χ4n) is 3.32. The van der Waals surface area contributed by atoms with Crippen molar-refractivity contribution in [2.45, 2.75) is 39.2 Å². The first-order valence-electron chi connectivity index (χ1n) is 8.48. The van der Waals surface area contributed by atoms with Crippen LogP contribution >= 0.6 is 0 Å². The van der Waals surface area contributed by atoms with E-state index in [0.717, 1.165) is 31.6 Å². The van der Waals surface area contributed by atoms with Gasteiger partial charge in [-0.05, 0) is 50.8 Å². The van der Waals surface area contributed by atoms with E-state index >= 15 is 0 Å². The Morgan fingerprint density at radius 2 is 2.25 bits per heavy atom. The highest BCUT2D eigenvalue weighted by atomic mass is 19.1. The second-order valence-corrected chi connectivity index (χ2v) is 6.72. The van der Waals surface area contributed by atoms with E-state index in [2.05, 4.69) is 28.6 Å². The Kier molecular flexibility index (Phi) is 4.92. The molecule has 1 aliphatic rings. The first kappa shape index (κ1) is 16.6. The Hall–Kier alpha value is -2.24. The van der Waals surface area contributed by atoms with Crippen LogP contribution in [0.3, 0.4) is 0 Å². The molecule has 5 nitrogen and oxygen atoms in total. The molecule has 0 bridgehead atoms. The van der Waals surface area contributed by atoms with Crippen LogP contribution in [0.2, 0.25) is 0 Å². The zero-order valence-electron chi connectivity index (χ0n) is 14.2. The number of aromatic nitrogens is 3. The van der Waals surface area contributed by atoms with Gasteiger partial charge in [0.2, 0.25) is 0 Å². The van der Waals surface area contributed by atoms with Crippen LogP contribution < -0.4 is 0 Å². The topological polar surface area (TPSA) is 51.0 Å². The SMILES string of the molecule is CC(C)n1cnnc1CC1CCCN(C(=O)c2cccc(F)c2)C1. The molecule has 24 heavy (non-hydrogen) atoms. The predicted molar refractivity (Wildman–Crippen MR) is 89.1 cm³/mol. The second kappa shape index (κ2) is 7.11. The number of carbonyl (C=O) groups excluding carboxylic acids is 1. The lowest BCUT2D eigenvalue weighted by molar-refractivity contribution is 0.0671. The van der Waals surface area contributed by atoms with Crippen LogP contribution in [0.25, 0.3) is 0 Å². The number of halogens is 1. The molecule has 0 saturated carbocycles. The van der Waals surface area contributed by atoms with E-state index in [4.69, 9.17) is 0 Å². The van der Waals surface area contributed by atoms with Crippen molar-refractivity contribution >= 4 is 5.91 Å². The maximum absolute atomic E-state index is 13.4. The molecule has 6 heteroatoms. The standard InChI is InChI=1S/C18H23FN4O/c1-13(2)23-12-20-21-17(23)9-14-5-4-8-22(11-14)18(24)15-6-3-7-16(19)10-15/h3,6-7,10,12-14H,4-5,8-9,11H2,1-2H3. The summed E-state index contributed by atoms with van der Waals surface area (Å²) in [4.78, 5) is 14.4.